The van der Waals surface area contributed by atoms with Crippen LogP contribution in [0.5, 0.6) is 0 Å². The summed E-state index contributed by atoms with van der Waals surface area (Å²) in [5.74, 6) is -0.114. The van der Waals surface area contributed by atoms with Gasteiger partial charge in [0.2, 0.25) is 5.91 Å². The number of carbonyl (C=O) groups is 1. The van der Waals surface area contributed by atoms with Gasteiger partial charge in [0.25, 0.3) is 0 Å². The van der Waals surface area contributed by atoms with E-state index in [-0.39, 0.29) is 12.5 Å². The summed E-state index contributed by atoms with van der Waals surface area (Å²) in [7, 11) is 1.80. The predicted octanol–water partition coefficient (Wildman–Crippen LogP) is 2.29. The van der Waals surface area contributed by atoms with Gasteiger partial charge in [-0.2, -0.15) is 0 Å². The summed E-state index contributed by atoms with van der Waals surface area (Å²) in [6, 6.07) is 5.33. The quantitative estimate of drug-likeness (QED) is 0.872. The average molecular weight is 285 g/mol. The summed E-state index contributed by atoms with van der Waals surface area (Å²) in [5.41, 5.74) is 0.864. The molecule has 1 aromatic rings. The third kappa shape index (κ3) is 6.05. The summed E-state index contributed by atoms with van der Waals surface area (Å²) in [5, 5.41) is 13.2. The van der Waals surface area contributed by atoms with Crippen LogP contribution in [0.4, 0.5) is 5.69 Å². The first kappa shape index (κ1) is 16.0. The lowest BCUT2D eigenvalue weighted by Crippen LogP contribution is -2.40. The topological polar surface area (TPSA) is 52.6 Å². The molecule has 0 aliphatic heterocycles. The maximum atomic E-state index is 11.9. The summed E-state index contributed by atoms with van der Waals surface area (Å²) in [6.45, 7) is 5.98. The lowest BCUT2D eigenvalue weighted by molar-refractivity contribution is -0.117. The Kier molecular flexibility index (Phi) is 5.35. The molecule has 106 valence electrons. The van der Waals surface area contributed by atoms with E-state index in [0.717, 1.165) is 11.3 Å². The summed E-state index contributed by atoms with van der Waals surface area (Å²) in [4.78, 5) is 13.7. The van der Waals surface area contributed by atoms with Crippen LogP contribution >= 0.6 is 11.6 Å². The zero-order chi connectivity index (χ0) is 14.6. The highest BCUT2D eigenvalue weighted by Gasteiger charge is 2.17. The number of anilines is 1. The molecule has 0 radical (unpaired) electrons. The van der Waals surface area contributed by atoms with Crippen LogP contribution in [0.3, 0.4) is 0 Å². The Morgan fingerprint density at radius 1 is 1.47 bits per heavy atom. The van der Waals surface area contributed by atoms with Crippen LogP contribution in [0.25, 0.3) is 0 Å². The van der Waals surface area contributed by atoms with E-state index >= 15 is 0 Å². The number of benzene rings is 1. The minimum atomic E-state index is -0.814. The van der Waals surface area contributed by atoms with Gasteiger partial charge in [-0.25, -0.2) is 0 Å². The summed E-state index contributed by atoms with van der Waals surface area (Å²) < 4.78 is 0. The fraction of sp³-hybridized carbons (Fsp3) is 0.500. The molecule has 0 saturated carbocycles. The van der Waals surface area contributed by atoms with Gasteiger partial charge in [0, 0.05) is 17.3 Å². The average Bonchev–Trinajstić information content (AvgIpc) is 2.19. The van der Waals surface area contributed by atoms with E-state index in [1.54, 1.807) is 44.0 Å². The van der Waals surface area contributed by atoms with Crippen LogP contribution < -0.4 is 5.32 Å². The van der Waals surface area contributed by atoms with Crippen molar-refractivity contribution in [3.05, 3.63) is 28.8 Å². The van der Waals surface area contributed by atoms with Crippen LogP contribution in [-0.2, 0) is 4.79 Å². The molecule has 1 aromatic carbocycles. The van der Waals surface area contributed by atoms with Gasteiger partial charge in [0.15, 0.2) is 0 Å². The number of likely N-dealkylation sites (N-methyl/N-ethyl adjacent to an activating group) is 1. The lowest BCUT2D eigenvalue weighted by atomic mass is 10.1. The molecule has 0 aliphatic rings. The Hall–Kier alpha value is -1.10. The number of carbonyl (C=O) groups excluding carboxylic acids is 1. The standard InChI is InChI=1S/C14H21ClN2O2/c1-10-7-11(15)5-6-12(10)16-13(18)8-17(4)9-14(2,3)19/h5-7,19H,8-9H2,1-4H3,(H,16,18). The van der Waals surface area contributed by atoms with Gasteiger partial charge >= 0.3 is 0 Å². The third-order valence-electron chi connectivity index (χ3n) is 2.53. The van der Waals surface area contributed by atoms with Crippen molar-refractivity contribution in [2.45, 2.75) is 26.4 Å². The van der Waals surface area contributed by atoms with E-state index in [4.69, 9.17) is 11.6 Å². The molecule has 0 heterocycles. The summed E-state index contributed by atoms with van der Waals surface area (Å²) >= 11 is 5.86. The Morgan fingerprint density at radius 2 is 2.11 bits per heavy atom. The maximum Gasteiger partial charge on any atom is 0.238 e. The van der Waals surface area contributed by atoms with Crippen molar-refractivity contribution in [2.75, 3.05) is 25.5 Å². The van der Waals surface area contributed by atoms with Crippen molar-refractivity contribution >= 4 is 23.2 Å². The number of hydrogen-bond donors (Lipinski definition) is 2. The van der Waals surface area contributed by atoms with Gasteiger partial charge < -0.3 is 10.4 Å². The van der Waals surface area contributed by atoms with Crippen molar-refractivity contribution < 1.29 is 9.90 Å². The predicted molar refractivity (Wildman–Crippen MR) is 78.6 cm³/mol. The molecule has 0 aromatic heterocycles. The third-order valence-corrected chi connectivity index (χ3v) is 2.77. The van der Waals surface area contributed by atoms with Crippen molar-refractivity contribution in [3.63, 3.8) is 0 Å². The monoisotopic (exact) mass is 284 g/mol. The highest BCUT2D eigenvalue weighted by Crippen LogP contribution is 2.19. The van der Waals surface area contributed by atoms with E-state index in [0.29, 0.717) is 11.6 Å². The molecule has 0 unspecified atom stereocenters. The van der Waals surface area contributed by atoms with Gasteiger partial charge in [-0.1, -0.05) is 11.6 Å². The second kappa shape index (κ2) is 6.37. The molecule has 2 N–H and O–H groups in total. The molecule has 0 atom stereocenters. The van der Waals surface area contributed by atoms with Crippen LogP contribution in [0, 0.1) is 6.92 Å². The molecule has 0 aliphatic carbocycles. The van der Waals surface area contributed by atoms with Crippen LogP contribution in [0.1, 0.15) is 19.4 Å². The highest BCUT2D eigenvalue weighted by atomic mass is 35.5. The number of nitrogens with zero attached hydrogens (tertiary/aromatic N) is 1. The fourth-order valence-electron chi connectivity index (χ4n) is 1.92. The van der Waals surface area contributed by atoms with Crippen molar-refractivity contribution in [1.29, 1.82) is 0 Å². The molecule has 1 amide bonds. The molecule has 4 nitrogen and oxygen atoms in total. The van der Waals surface area contributed by atoms with Crippen LogP contribution in [-0.4, -0.2) is 41.7 Å². The Bertz CT molecular complexity index is 455. The number of nitrogens with one attached hydrogen (secondary N) is 1. The zero-order valence-electron chi connectivity index (χ0n) is 11.8. The lowest BCUT2D eigenvalue weighted by Gasteiger charge is -2.24. The zero-order valence-corrected chi connectivity index (χ0v) is 12.6. The highest BCUT2D eigenvalue weighted by molar-refractivity contribution is 6.30. The number of rotatable bonds is 5. The van der Waals surface area contributed by atoms with E-state index in [9.17, 15) is 9.90 Å². The summed E-state index contributed by atoms with van der Waals surface area (Å²) in [6.07, 6.45) is 0. The van der Waals surface area contributed by atoms with Gasteiger partial charge in [-0.3, -0.25) is 9.69 Å². The van der Waals surface area contributed by atoms with E-state index < -0.39 is 5.60 Å². The maximum absolute atomic E-state index is 11.9. The number of hydrogen-bond acceptors (Lipinski definition) is 3. The van der Waals surface area contributed by atoms with Gasteiger partial charge in [-0.05, 0) is 51.6 Å². The largest absolute Gasteiger partial charge is 0.389 e. The SMILES string of the molecule is Cc1cc(Cl)ccc1NC(=O)CN(C)CC(C)(C)O. The fourth-order valence-corrected chi connectivity index (χ4v) is 2.15. The first-order valence-corrected chi connectivity index (χ1v) is 6.52. The molecule has 0 bridgehead atoms. The van der Waals surface area contributed by atoms with Crippen molar-refractivity contribution in [2.24, 2.45) is 0 Å². The second-order valence-electron chi connectivity index (χ2n) is 5.49. The second-order valence-corrected chi connectivity index (χ2v) is 5.93. The molecular formula is C14H21ClN2O2. The minimum Gasteiger partial charge on any atom is -0.389 e. The molecule has 0 saturated heterocycles. The Labute approximate surface area is 119 Å². The van der Waals surface area contributed by atoms with E-state index in [2.05, 4.69) is 5.32 Å². The molecule has 0 fully saturated rings. The molecule has 5 heteroatoms. The molecular weight excluding hydrogens is 264 g/mol. The van der Waals surface area contributed by atoms with Gasteiger partial charge in [-0.15, -0.1) is 0 Å². The van der Waals surface area contributed by atoms with Crippen LogP contribution in [0.15, 0.2) is 18.2 Å². The number of aliphatic hydroxyl groups is 1. The van der Waals surface area contributed by atoms with Gasteiger partial charge in [0.1, 0.15) is 0 Å². The number of amides is 1. The van der Waals surface area contributed by atoms with E-state index in [1.165, 1.54) is 0 Å². The first-order valence-electron chi connectivity index (χ1n) is 6.14. The van der Waals surface area contributed by atoms with Crippen molar-refractivity contribution in [1.82, 2.24) is 4.90 Å². The smallest absolute Gasteiger partial charge is 0.238 e. The Morgan fingerprint density at radius 3 is 2.63 bits per heavy atom. The Balaban J connectivity index is 2.56. The van der Waals surface area contributed by atoms with E-state index in [1.807, 2.05) is 6.92 Å². The van der Waals surface area contributed by atoms with Crippen LogP contribution in [0.2, 0.25) is 5.02 Å². The normalized spacial score (nSPS) is 11.7. The van der Waals surface area contributed by atoms with Crippen molar-refractivity contribution in [3.8, 4) is 0 Å². The number of aryl methyl sites for hydroxylation is 1. The van der Waals surface area contributed by atoms with Gasteiger partial charge in [0.05, 0.1) is 12.1 Å². The molecule has 19 heavy (non-hydrogen) atoms. The molecule has 0 spiro atoms. The first-order chi connectivity index (χ1) is 8.67. The number of halogens is 1. The minimum absolute atomic E-state index is 0.114. The molecule has 1 rings (SSSR count).